The topological polar surface area (TPSA) is 105 Å². The van der Waals surface area contributed by atoms with Crippen LogP contribution in [-0.4, -0.2) is 78.8 Å². The molecule has 12 heteroatoms. The first-order valence-electron chi connectivity index (χ1n) is 11.8. The summed E-state index contributed by atoms with van der Waals surface area (Å²) < 4.78 is 38.3. The zero-order valence-electron chi connectivity index (χ0n) is 19.9. The Hall–Kier alpha value is -3.25. The van der Waals surface area contributed by atoms with Crippen molar-refractivity contribution in [3.63, 3.8) is 0 Å². The van der Waals surface area contributed by atoms with Gasteiger partial charge in [-0.3, -0.25) is 9.88 Å². The molecular weight excluding hydrogens is 518 g/mol. The second-order valence-corrected chi connectivity index (χ2v) is 11.2. The SMILES string of the molecule is O=C1N(CCS(=O)(=O)N2CCOCC2)CC(c2cccc(Oc3cnccn3)c2)N1c1ccc(Cl)cc1. The molecule has 3 aromatic rings. The number of carbonyl (C=O) groups is 1. The molecule has 2 saturated heterocycles. The average molecular weight is 544 g/mol. The highest BCUT2D eigenvalue weighted by molar-refractivity contribution is 7.89. The van der Waals surface area contributed by atoms with Gasteiger partial charge in [-0.2, -0.15) is 4.31 Å². The zero-order chi connectivity index (χ0) is 25.8. The fourth-order valence-electron chi connectivity index (χ4n) is 4.41. The molecule has 0 radical (unpaired) electrons. The van der Waals surface area contributed by atoms with E-state index in [-0.39, 0.29) is 24.4 Å². The molecule has 1 unspecified atom stereocenters. The van der Waals surface area contributed by atoms with Crippen molar-refractivity contribution in [1.82, 2.24) is 19.2 Å². The van der Waals surface area contributed by atoms with Crippen LogP contribution in [0, 0.1) is 0 Å². The third-order valence-corrected chi connectivity index (χ3v) is 8.38. The number of hydrogen-bond donors (Lipinski definition) is 0. The highest BCUT2D eigenvalue weighted by atomic mass is 35.5. The lowest BCUT2D eigenvalue weighted by Crippen LogP contribution is -2.44. The highest BCUT2D eigenvalue weighted by Gasteiger charge is 2.40. The van der Waals surface area contributed by atoms with Crippen LogP contribution in [0.15, 0.2) is 67.1 Å². The number of amides is 2. The molecule has 2 fully saturated rings. The van der Waals surface area contributed by atoms with E-state index in [1.807, 2.05) is 18.2 Å². The van der Waals surface area contributed by atoms with E-state index in [0.29, 0.717) is 55.2 Å². The molecule has 194 valence electrons. The third kappa shape index (κ3) is 5.85. The van der Waals surface area contributed by atoms with E-state index in [4.69, 9.17) is 21.1 Å². The monoisotopic (exact) mass is 543 g/mol. The summed E-state index contributed by atoms with van der Waals surface area (Å²) >= 11 is 6.09. The summed E-state index contributed by atoms with van der Waals surface area (Å²) in [6, 6.07) is 13.8. The fraction of sp³-hybridized carbons (Fsp3) is 0.320. The molecule has 3 heterocycles. The van der Waals surface area contributed by atoms with Gasteiger partial charge in [0.25, 0.3) is 0 Å². The number of hydrogen-bond acceptors (Lipinski definition) is 7. The van der Waals surface area contributed by atoms with Crippen molar-refractivity contribution in [2.24, 2.45) is 0 Å². The lowest BCUT2D eigenvalue weighted by atomic mass is 10.1. The molecule has 0 bridgehead atoms. The quantitative estimate of drug-likeness (QED) is 0.427. The van der Waals surface area contributed by atoms with E-state index < -0.39 is 10.0 Å². The average Bonchev–Trinajstić information content (AvgIpc) is 3.25. The van der Waals surface area contributed by atoms with Gasteiger partial charge in [-0.15, -0.1) is 0 Å². The number of rotatable bonds is 8. The molecule has 2 aliphatic rings. The van der Waals surface area contributed by atoms with Crippen LogP contribution in [0.4, 0.5) is 10.5 Å². The first-order valence-corrected chi connectivity index (χ1v) is 13.8. The fourth-order valence-corrected chi connectivity index (χ4v) is 5.95. The molecule has 37 heavy (non-hydrogen) atoms. The summed E-state index contributed by atoms with van der Waals surface area (Å²) in [5.41, 5.74) is 1.50. The van der Waals surface area contributed by atoms with Crippen LogP contribution in [0.25, 0.3) is 0 Å². The van der Waals surface area contributed by atoms with Crippen molar-refractivity contribution < 1.29 is 22.7 Å². The Morgan fingerprint density at radius 2 is 1.86 bits per heavy atom. The molecule has 0 spiro atoms. The van der Waals surface area contributed by atoms with Crippen molar-refractivity contribution in [2.75, 3.05) is 50.0 Å². The number of benzene rings is 2. The molecule has 0 N–H and O–H groups in total. The minimum absolute atomic E-state index is 0.0783. The maximum atomic E-state index is 13.6. The number of urea groups is 1. The van der Waals surface area contributed by atoms with E-state index in [2.05, 4.69) is 9.97 Å². The van der Waals surface area contributed by atoms with Crippen molar-refractivity contribution >= 4 is 33.3 Å². The Bertz CT molecular complexity index is 1340. The zero-order valence-corrected chi connectivity index (χ0v) is 21.5. The standard InChI is InChI=1S/C25H26ClN5O5S/c26-20-4-6-21(7-5-20)31-23(19-2-1-3-22(16-19)36-24-17-27-8-9-28-24)18-29(25(31)32)12-15-37(33,34)30-10-13-35-14-11-30/h1-9,16-17,23H,10-15,18H2. The number of morpholine rings is 1. The van der Waals surface area contributed by atoms with Gasteiger partial charge in [0.2, 0.25) is 15.9 Å². The second-order valence-electron chi connectivity index (χ2n) is 8.64. The van der Waals surface area contributed by atoms with Gasteiger partial charge in [-0.05, 0) is 42.0 Å². The lowest BCUT2D eigenvalue weighted by molar-refractivity contribution is 0.0730. The van der Waals surface area contributed by atoms with E-state index in [1.54, 1.807) is 52.5 Å². The second kappa shape index (κ2) is 11.0. The summed E-state index contributed by atoms with van der Waals surface area (Å²) in [6.45, 7) is 1.80. The summed E-state index contributed by atoms with van der Waals surface area (Å²) in [7, 11) is -3.51. The van der Waals surface area contributed by atoms with Crippen LogP contribution in [0.5, 0.6) is 11.6 Å². The van der Waals surface area contributed by atoms with Gasteiger partial charge in [0.15, 0.2) is 0 Å². The maximum absolute atomic E-state index is 13.6. The van der Waals surface area contributed by atoms with Crippen molar-refractivity contribution in [3.05, 3.63) is 77.7 Å². The first kappa shape index (κ1) is 25.4. The number of nitrogens with zero attached hydrogens (tertiary/aromatic N) is 5. The van der Waals surface area contributed by atoms with E-state index in [0.717, 1.165) is 5.56 Å². The van der Waals surface area contributed by atoms with Gasteiger partial charge in [0.1, 0.15) is 5.75 Å². The predicted molar refractivity (Wildman–Crippen MR) is 138 cm³/mol. The highest BCUT2D eigenvalue weighted by Crippen LogP contribution is 2.36. The van der Waals surface area contributed by atoms with Gasteiger partial charge in [0.05, 0.1) is 31.2 Å². The molecular formula is C25H26ClN5O5S. The Morgan fingerprint density at radius 1 is 1.08 bits per heavy atom. The number of anilines is 1. The van der Waals surface area contributed by atoms with Gasteiger partial charge >= 0.3 is 6.03 Å². The smallest absolute Gasteiger partial charge is 0.325 e. The third-order valence-electron chi connectivity index (χ3n) is 6.27. The Balaban J connectivity index is 1.39. The van der Waals surface area contributed by atoms with Gasteiger partial charge in [-0.25, -0.2) is 18.2 Å². The largest absolute Gasteiger partial charge is 0.437 e. The van der Waals surface area contributed by atoms with Crippen LogP contribution in [0.3, 0.4) is 0 Å². The molecule has 2 amide bonds. The van der Waals surface area contributed by atoms with Crippen molar-refractivity contribution in [2.45, 2.75) is 6.04 Å². The Kier molecular flexibility index (Phi) is 7.56. The predicted octanol–water partition coefficient (Wildman–Crippen LogP) is 3.57. The number of sulfonamides is 1. The molecule has 0 aliphatic carbocycles. The summed E-state index contributed by atoms with van der Waals surface area (Å²) in [5.74, 6) is 0.747. The minimum atomic E-state index is -3.51. The van der Waals surface area contributed by atoms with Crippen molar-refractivity contribution in [1.29, 1.82) is 0 Å². The number of ether oxygens (including phenoxy) is 2. The Morgan fingerprint density at radius 3 is 2.59 bits per heavy atom. The molecule has 2 aromatic carbocycles. The number of carbonyl (C=O) groups excluding carboxylic acids is 1. The van der Waals surface area contributed by atoms with Crippen LogP contribution in [0.2, 0.25) is 5.02 Å². The number of aromatic nitrogens is 2. The lowest BCUT2D eigenvalue weighted by Gasteiger charge is -2.27. The van der Waals surface area contributed by atoms with Gasteiger partial charge in [-0.1, -0.05) is 23.7 Å². The van der Waals surface area contributed by atoms with Crippen molar-refractivity contribution in [3.8, 4) is 11.6 Å². The van der Waals surface area contributed by atoms with Crippen LogP contribution < -0.4 is 9.64 Å². The van der Waals surface area contributed by atoms with Crippen LogP contribution >= 0.6 is 11.6 Å². The van der Waals surface area contributed by atoms with Gasteiger partial charge < -0.3 is 14.4 Å². The summed E-state index contributed by atoms with van der Waals surface area (Å²) in [4.78, 5) is 25.0. The normalized spacial score (nSPS) is 18.8. The van der Waals surface area contributed by atoms with E-state index in [1.165, 1.54) is 10.5 Å². The molecule has 1 atom stereocenters. The van der Waals surface area contributed by atoms with Crippen LogP contribution in [0.1, 0.15) is 11.6 Å². The molecule has 1 aromatic heterocycles. The molecule has 10 nitrogen and oxygen atoms in total. The molecule has 2 aliphatic heterocycles. The summed E-state index contributed by atoms with van der Waals surface area (Å²) in [5, 5.41) is 0.555. The summed E-state index contributed by atoms with van der Waals surface area (Å²) in [6.07, 6.45) is 4.62. The Labute approximate surface area is 220 Å². The van der Waals surface area contributed by atoms with E-state index >= 15 is 0 Å². The minimum Gasteiger partial charge on any atom is -0.437 e. The van der Waals surface area contributed by atoms with E-state index in [9.17, 15) is 13.2 Å². The number of halogens is 1. The van der Waals surface area contributed by atoms with Gasteiger partial charge in [0, 0.05) is 49.3 Å². The molecule has 0 saturated carbocycles. The van der Waals surface area contributed by atoms with Crippen LogP contribution in [-0.2, 0) is 14.8 Å². The molecule has 5 rings (SSSR count). The maximum Gasteiger partial charge on any atom is 0.325 e. The first-order chi connectivity index (χ1) is 17.9.